The Morgan fingerprint density at radius 2 is 1.97 bits per heavy atom. The summed E-state index contributed by atoms with van der Waals surface area (Å²) in [5.41, 5.74) is 1.47. The predicted octanol–water partition coefficient (Wildman–Crippen LogP) is 4.69. The number of carbonyl (C=O) groups excluding carboxylic acids is 1. The summed E-state index contributed by atoms with van der Waals surface area (Å²) in [5, 5.41) is 9.23. The van der Waals surface area contributed by atoms with Gasteiger partial charge in [-0.15, -0.1) is 0 Å². The summed E-state index contributed by atoms with van der Waals surface area (Å²) in [6, 6.07) is 2.65. The molecule has 31 heavy (non-hydrogen) atoms. The molecule has 4 heterocycles. The molecule has 3 aromatic heterocycles. The number of hydrogen-bond donors (Lipinski definition) is 0. The van der Waals surface area contributed by atoms with Crippen LogP contribution in [0.15, 0.2) is 18.3 Å². The van der Waals surface area contributed by atoms with E-state index in [1.165, 1.54) is 12.1 Å². The number of aromatic nitrogens is 5. The van der Waals surface area contributed by atoms with Crippen molar-refractivity contribution < 1.29 is 13.6 Å². The zero-order chi connectivity index (χ0) is 21.7. The molecule has 0 aromatic carbocycles. The van der Waals surface area contributed by atoms with Crippen molar-refractivity contribution in [1.29, 1.82) is 0 Å². The quantitative estimate of drug-likeness (QED) is 0.580. The average Bonchev–Trinajstić information content (AvgIpc) is 3.46. The Bertz CT molecular complexity index is 1140. The Hall–Kier alpha value is -2.55. The van der Waals surface area contributed by atoms with Crippen LogP contribution < -0.4 is 0 Å². The minimum absolute atomic E-state index is 0.112. The molecular weight excluding hydrogens is 426 g/mol. The number of rotatable bonds is 4. The molecule has 5 rings (SSSR count). The summed E-state index contributed by atoms with van der Waals surface area (Å²) in [6.07, 6.45) is 4.45. The molecule has 3 aromatic rings. The van der Waals surface area contributed by atoms with Gasteiger partial charge in [0.2, 0.25) is 0 Å². The van der Waals surface area contributed by atoms with Crippen LogP contribution in [0.25, 0.3) is 5.65 Å². The Morgan fingerprint density at radius 1 is 1.16 bits per heavy atom. The van der Waals surface area contributed by atoms with E-state index in [0.29, 0.717) is 23.0 Å². The van der Waals surface area contributed by atoms with E-state index in [0.717, 1.165) is 43.0 Å². The number of likely N-dealkylation sites (tertiary alicyclic amines) is 1. The van der Waals surface area contributed by atoms with Gasteiger partial charge in [-0.05, 0) is 31.7 Å². The van der Waals surface area contributed by atoms with Crippen molar-refractivity contribution in [2.75, 3.05) is 6.54 Å². The molecule has 0 N–H and O–H groups in total. The van der Waals surface area contributed by atoms with E-state index in [4.69, 9.17) is 11.6 Å². The highest BCUT2D eigenvalue weighted by molar-refractivity contribution is 6.31. The number of alkyl halides is 2. The van der Waals surface area contributed by atoms with Gasteiger partial charge in [0.15, 0.2) is 11.3 Å². The van der Waals surface area contributed by atoms with Crippen molar-refractivity contribution in [2.45, 2.75) is 56.9 Å². The standard InChI is InChI=1S/C21H23ClF2N6O/c1-28-11-13(22)19(27-28)16-5-3-2-4-8-29(16)21(31)15-10-18-25-14(12-6-7-12)9-17(20(23)24)30(18)26-15/h9-12,16,20H,2-8H2,1H3/t16-/m1/s1. The molecular formula is C21H23ClF2N6O. The van der Waals surface area contributed by atoms with Gasteiger partial charge >= 0.3 is 0 Å². The van der Waals surface area contributed by atoms with Gasteiger partial charge in [-0.1, -0.05) is 24.4 Å². The van der Waals surface area contributed by atoms with Crippen LogP contribution in [-0.2, 0) is 7.05 Å². The molecule has 2 fully saturated rings. The van der Waals surface area contributed by atoms with Gasteiger partial charge in [-0.3, -0.25) is 9.48 Å². The summed E-state index contributed by atoms with van der Waals surface area (Å²) in [5.74, 6) is -0.0925. The minimum atomic E-state index is -2.70. The Morgan fingerprint density at radius 3 is 2.65 bits per heavy atom. The van der Waals surface area contributed by atoms with E-state index in [1.807, 2.05) is 0 Å². The van der Waals surface area contributed by atoms with Crippen LogP contribution in [0.1, 0.15) is 84.5 Å². The smallest absolute Gasteiger partial charge is 0.280 e. The van der Waals surface area contributed by atoms with Crippen molar-refractivity contribution in [3.63, 3.8) is 0 Å². The highest BCUT2D eigenvalue weighted by Crippen LogP contribution is 2.40. The first kappa shape index (κ1) is 20.4. The summed E-state index contributed by atoms with van der Waals surface area (Å²) < 4.78 is 30.1. The van der Waals surface area contributed by atoms with Gasteiger partial charge in [-0.2, -0.15) is 10.2 Å². The van der Waals surface area contributed by atoms with E-state index in [9.17, 15) is 13.6 Å². The second-order valence-corrected chi connectivity index (χ2v) is 8.79. The lowest BCUT2D eigenvalue weighted by Gasteiger charge is -2.28. The van der Waals surface area contributed by atoms with Crippen LogP contribution in [0.3, 0.4) is 0 Å². The third kappa shape index (κ3) is 3.79. The monoisotopic (exact) mass is 448 g/mol. The van der Waals surface area contributed by atoms with Crippen LogP contribution in [0.4, 0.5) is 8.78 Å². The lowest BCUT2D eigenvalue weighted by molar-refractivity contribution is 0.0669. The molecule has 1 aliphatic heterocycles. The Kier molecular flexibility index (Phi) is 5.16. The number of carbonyl (C=O) groups is 1. The van der Waals surface area contributed by atoms with Crippen molar-refractivity contribution in [2.24, 2.45) is 7.05 Å². The van der Waals surface area contributed by atoms with Crippen molar-refractivity contribution in [3.8, 4) is 0 Å². The Balaban J connectivity index is 1.54. The maximum atomic E-state index is 13.7. The molecule has 1 atom stereocenters. The molecule has 0 unspecified atom stereocenters. The number of aryl methyl sites for hydroxylation is 1. The van der Waals surface area contributed by atoms with Gasteiger partial charge in [0.25, 0.3) is 12.3 Å². The lowest BCUT2D eigenvalue weighted by Crippen LogP contribution is -2.35. The summed E-state index contributed by atoms with van der Waals surface area (Å²) in [6.45, 7) is 0.534. The van der Waals surface area contributed by atoms with E-state index < -0.39 is 6.43 Å². The first-order valence-electron chi connectivity index (χ1n) is 10.6. The third-order valence-electron chi connectivity index (χ3n) is 6.05. The molecule has 1 saturated heterocycles. The van der Waals surface area contributed by atoms with Gasteiger partial charge in [0.05, 0.1) is 11.1 Å². The van der Waals surface area contributed by atoms with E-state index in [2.05, 4.69) is 15.2 Å². The SMILES string of the molecule is Cn1cc(Cl)c([C@H]2CCCCCN2C(=O)c2cc3nc(C4CC4)cc(C(F)F)n3n2)n1. The highest BCUT2D eigenvalue weighted by Gasteiger charge is 2.33. The van der Waals surface area contributed by atoms with Crippen LogP contribution in [0, 0.1) is 0 Å². The maximum Gasteiger partial charge on any atom is 0.280 e. The highest BCUT2D eigenvalue weighted by atomic mass is 35.5. The van der Waals surface area contributed by atoms with Crippen LogP contribution in [-0.4, -0.2) is 41.7 Å². The third-order valence-corrected chi connectivity index (χ3v) is 6.34. The molecule has 7 nitrogen and oxygen atoms in total. The van der Waals surface area contributed by atoms with E-state index in [-0.39, 0.29) is 34.9 Å². The lowest BCUT2D eigenvalue weighted by atomic mass is 10.1. The molecule has 0 bridgehead atoms. The summed E-state index contributed by atoms with van der Waals surface area (Å²) in [4.78, 5) is 19.7. The maximum absolute atomic E-state index is 13.7. The van der Waals surface area contributed by atoms with Crippen LogP contribution in [0.5, 0.6) is 0 Å². The fourth-order valence-electron chi connectivity index (χ4n) is 4.35. The molecule has 0 spiro atoms. The van der Waals surface area contributed by atoms with Gasteiger partial charge in [0, 0.05) is 37.5 Å². The Labute approximate surface area is 183 Å². The molecule has 164 valence electrons. The van der Waals surface area contributed by atoms with Gasteiger partial charge in [0.1, 0.15) is 11.4 Å². The number of amides is 1. The summed E-state index contributed by atoms with van der Waals surface area (Å²) in [7, 11) is 1.79. The zero-order valence-electron chi connectivity index (χ0n) is 17.1. The summed E-state index contributed by atoms with van der Waals surface area (Å²) >= 11 is 6.39. The predicted molar refractivity (Wildman–Crippen MR) is 110 cm³/mol. The fraction of sp³-hybridized carbons (Fsp3) is 0.524. The second kappa shape index (κ2) is 7.85. The topological polar surface area (TPSA) is 68.3 Å². The normalized spacial score (nSPS) is 19.9. The molecule has 2 aliphatic rings. The minimum Gasteiger partial charge on any atom is -0.329 e. The molecule has 1 amide bonds. The fourth-order valence-corrected chi connectivity index (χ4v) is 4.66. The van der Waals surface area contributed by atoms with E-state index >= 15 is 0 Å². The number of nitrogens with zero attached hydrogens (tertiary/aromatic N) is 6. The molecule has 0 radical (unpaired) electrons. The number of fused-ring (bicyclic) bond motifs is 1. The number of halogens is 3. The van der Waals surface area contributed by atoms with Crippen molar-refractivity contribution >= 4 is 23.2 Å². The first-order chi connectivity index (χ1) is 14.9. The molecule has 1 aliphatic carbocycles. The zero-order valence-corrected chi connectivity index (χ0v) is 17.9. The van der Waals surface area contributed by atoms with Crippen LogP contribution in [0.2, 0.25) is 5.02 Å². The van der Waals surface area contributed by atoms with Crippen molar-refractivity contribution in [3.05, 3.63) is 46.1 Å². The largest absolute Gasteiger partial charge is 0.329 e. The van der Waals surface area contributed by atoms with Crippen LogP contribution >= 0.6 is 11.6 Å². The second-order valence-electron chi connectivity index (χ2n) is 8.38. The van der Waals surface area contributed by atoms with E-state index in [1.54, 1.807) is 22.8 Å². The molecule has 10 heteroatoms. The van der Waals surface area contributed by atoms with Crippen molar-refractivity contribution in [1.82, 2.24) is 29.3 Å². The van der Waals surface area contributed by atoms with Gasteiger partial charge in [-0.25, -0.2) is 18.3 Å². The van der Waals surface area contributed by atoms with Gasteiger partial charge < -0.3 is 4.90 Å². The average molecular weight is 449 g/mol. The number of hydrogen-bond acceptors (Lipinski definition) is 4. The molecule has 1 saturated carbocycles. The first-order valence-corrected chi connectivity index (χ1v) is 11.0.